The van der Waals surface area contributed by atoms with E-state index in [1.54, 1.807) is 0 Å². The number of nitrogens with zero attached hydrogens (tertiary/aromatic N) is 1. The van der Waals surface area contributed by atoms with Gasteiger partial charge in [-0.15, -0.1) is 0 Å². The van der Waals surface area contributed by atoms with Crippen molar-refractivity contribution < 1.29 is 37.3 Å². The Morgan fingerprint density at radius 2 is 0.951 bits per heavy atom. The number of phosphoric ester groups is 1. The van der Waals surface area contributed by atoms with Gasteiger partial charge in [0.15, 0.2) is 0 Å². The van der Waals surface area contributed by atoms with Gasteiger partial charge in [0.1, 0.15) is 19.3 Å². The molecule has 0 bridgehead atoms. The van der Waals surface area contributed by atoms with Crippen LogP contribution in [-0.2, 0) is 27.9 Å². The second-order valence-corrected chi connectivity index (χ2v) is 19.2. The van der Waals surface area contributed by atoms with Gasteiger partial charge >= 0.3 is 5.97 Å². The fourth-order valence-electron chi connectivity index (χ4n) is 6.71. The lowest BCUT2D eigenvalue weighted by Crippen LogP contribution is -2.37. The zero-order valence-corrected chi connectivity index (χ0v) is 41.2. The number of phosphoric acid groups is 1. The molecule has 0 saturated carbocycles. The zero-order chi connectivity index (χ0) is 44.8. The van der Waals surface area contributed by atoms with Gasteiger partial charge in [0.25, 0.3) is 7.82 Å². The summed E-state index contributed by atoms with van der Waals surface area (Å²) in [5.41, 5.74) is 0. The zero-order valence-electron chi connectivity index (χ0n) is 40.4. The fourth-order valence-corrected chi connectivity index (χ4v) is 7.44. The molecule has 0 aliphatic heterocycles. The van der Waals surface area contributed by atoms with Crippen LogP contribution in [0.5, 0.6) is 0 Å². The highest BCUT2D eigenvalue weighted by Crippen LogP contribution is 2.38. The maximum absolute atomic E-state index is 12.7. The molecule has 0 aliphatic rings. The molecule has 0 aromatic rings. The Bertz CT molecular complexity index is 1160. The first-order valence-electron chi connectivity index (χ1n) is 25.0. The van der Waals surface area contributed by atoms with Crippen molar-refractivity contribution in [2.24, 2.45) is 0 Å². The van der Waals surface area contributed by atoms with E-state index in [9.17, 15) is 14.3 Å². The van der Waals surface area contributed by atoms with E-state index >= 15 is 0 Å². The van der Waals surface area contributed by atoms with Crippen LogP contribution in [0.1, 0.15) is 206 Å². The molecule has 0 aromatic carbocycles. The van der Waals surface area contributed by atoms with Crippen LogP contribution < -0.4 is 4.89 Å². The van der Waals surface area contributed by atoms with E-state index in [1.165, 1.54) is 116 Å². The lowest BCUT2D eigenvalue weighted by Gasteiger charge is -2.28. The fraction of sp³-hybridized carbons (Fsp3) is 0.788. The first kappa shape index (κ1) is 59.2. The maximum Gasteiger partial charge on any atom is 0.306 e. The van der Waals surface area contributed by atoms with E-state index < -0.39 is 13.9 Å². The van der Waals surface area contributed by atoms with Gasteiger partial charge in [-0.2, -0.15) is 0 Å². The van der Waals surface area contributed by atoms with Crippen LogP contribution >= 0.6 is 7.82 Å². The molecule has 0 aromatic heterocycles. The monoisotopic (exact) mass is 878 g/mol. The predicted octanol–water partition coefficient (Wildman–Crippen LogP) is 14.6. The largest absolute Gasteiger partial charge is 0.756 e. The van der Waals surface area contributed by atoms with Crippen molar-refractivity contribution in [3.8, 4) is 0 Å². The van der Waals surface area contributed by atoms with Crippen LogP contribution in [0, 0.1) is 0 Å². The highest BCUT2D eigenvalue weighted by atomic mass is 31.2. The summed E-state index contributed by atoms with van der Waals surface area (Å²) in [5.74, 6) is -0.344. The number of carbonyl (C=O) groups is 1. The highest BCUT2D eigenvalue weighted by molar-refractivity contribution is 7.45. The highest BCUT2D eigenvalue weighted by Gasteiger charge is 2.20. The summed E-state index contributed by atoms with van der Waals surface area (Å²) in [7, 11) is 1.34. The third-order valence-electron chi connectivity index (χ3n) is 10.6. The topological polar surface area (TPSA) is 94.1 Å². The van der Waals surface area contributed by atoms with Gasteiger partial charge in [-0.25, -0.2) is 0 Å². The van der Waals surface area contributed by atoms with Crippen molar-refractivity contribution >= 4 is 13.8 Å². The Morgan fingerprint density at radius 3 is 1.44 bits per heavy atom. The maximum atomic E-state index is 12.7. The third-order valence-corrected chi connectivity index (χ3v) is 11.5. The van der Waals surface area contributed by atoms with Crippen LogP contribution in [-0.4, -0.2) is 70.7 Å². The average molecular weight is 878 g/mol. The van der Waals surface area contributed by atoms with E-state index in [4.69, 9.17) is 18.5 Å². The second kappa shape index (κ2) is 44.8. The van der Waals surface area contributed by atoms with Crippen LogP contribution in [0.4, 0.5) is 0 Å². The summed E-state index contributed by atoms with van der Waals surface area (Å²) in [6.07, 6.45) is 56.7. The van der Waals surface area contributed by atoms with E-state index in [-0.39, 0.29) is 25.8 Å². The number of hydrogen-bond acceptors (Lipinski definition) is 7. The molecule has 2 atom stereocenters. The molecule has 0 radical (unpaired) electrons. The molecule has 0 rings (SSSR count). The standard InChI is InChI=1S/C52H96NO7P/c1-6-8-10-12-14-16-18-20-22-24-26-27-28-29-31-33-35-37-39-41-43-45-52(54)60-51(50-59-61(55,56)58-48-46-53(3,4)5)49-57-47-44-42-40-38-36-34-32-30-25-23-21-19-17-15-13-11-9-7-2/h9,11,15,17,21,23-24,26,30,32,51H,6-8,10,12-14,16,18-20,22,25,27-29,31,33-50H2,1-5H3/b11-9-,17-15-,23-21-,26-24-,32-30-. The molecule has 0 saturated heterocycles. The number of hydrogen-bond donors (Lipinski definition) is 0. The van der Waals surface area contributed by atoms with Crippen LogP contribution in [0.3, 0.4) is 0 Å². The van der Waals surface area contributed by atoms with Gasteiger partial charge in [0.2, 0.25) is 0 Å². The molecule has 0 heterocycles. The lowest BCUT2D eigenvalue weighted by atomic mass is 10.1. The molecule has 9 heteroatoms. The first-order chi connectivity index (χ1) is 29.6. The van der Waals surface area contributed by atoms with Crippen LogP contribution in [0.25, 0.3) is 0 Å². The minimum atomic E-state index is -4.54. The van der Waals surface area contributed by atoms with Crippen molar-refractivity contribution in [2.45, 2.75) is 213 Å². The van der Waals surface area contributed by atoms with Crippen LogP contribution in [0.2, 0.25) is 0 Å². The van der Waals surface area contributed by atoms with Crippen LogP contribution in [0.15, 0.2) is 60.8 Å². The molecular formula is C52H96NO7P. The summed E-state index contributed by atoms with van der Waals surface area (Å²) >= 11 is 0. The van der Waals surface area contributed by atoms with Gasteiger partial charge in [0, 0.05) is 13.0 Å². The summed E-state index contributed by atoms with van der Waals surface area (Å²) in [5, 5.41) is 0. The van der Waals surface area contributed by atoms with Crippen molar-refractivity contribution in [1.29, 1.82) is 0 Å². The molecule has 0 amide bonds. The number of carbonyl (C=O) groups excluding carboxylic acids is 1. The molecule has 8 nitrogen and oxygen atoms in total. The van der Waals surface area contributed by atoms with E-state index in [2.05, 4.69) is 74.6 Å². The molecule has 0 fully saturated rings. The quantitative estimate of drug-likeness (QED) is 0.0198. The van der Waals surface area contributed by atoms with Crippen molar-refractivity contribution in [3.63, 3.8) is 0 Å². The molecule has 61 heavy (non-hydrogen) atoms. The van der Waals surface area contributed by atoms with Gasteiger partial charge in [-0.3, -0.25) is 9.36 Å². The lowest BCUT2D eigenvalue weighted by molar-refractivity contribution is -0.870. The Labute approximate surface area is 377 Å². The molecule has 0 N–H and O–H groups in total. The number of unbranched alkanes of at least 4 members (excludes halogenated alkanes) is 22. The Hall–Kier alpha value is -1.80. The minimum Gasteiger partial charge on any atom is -0.756 e. The summed E-state index contributed by atoms with van der Waals surface area (Å²) in [4.78, 5) is 25.2. The minimum absolute atomic E-state index is 0.0196. The number of allylic oxidation sites excluding steroid dienone is 10. The van der Waals surface area contributed by atoms with Gasteiger partial charge in [0.05, 0.1) is 34.4 Å². The average Bonchev–Trinajstić information content (AvgIpc) is 3.22. The molecule has 2 unspecified atom stereocenters. The van der Waals surface area contributed by atoms with E-state index in [0.717, 1.165) is 70.6 Å². The number of likely N-dealkylation sites (N-methyl/N-ethyl adjacent to an activating group) is 1. The summed E-state index contributed by atoms with van der Waals surface area (Å²) in [6, 6.07) is 0. The molecule has 0 aliphatic carbocycles. The third kappa shape index (κ3) is 49.1. The normalized spacial score (nSPS) is 14.1. The number of rotatable bonds is 46. The Kier molecular flexibility index (Phi) is 43.5. The second-order valence-electron chi connectivity index (χ2n) is 17.8. The Morgan fingerprint density at radius 1 is 0.525 bits per heavy atom. The predicted molar refractivity (Wildman–Crippen MR) is 259 cm³/mol. The number of esters is 1. The number of quaternary nitrogens is 1. The SMILES string of the molecule is CC/C=C\C/C=C\C/C=C\C/C=C\CCCCCCCOCC(COP(=O)([O-])OCC[N+](C)(C)C)OC(=O)CCCCCCCCCCC/C=C\CCCCCCCCCC. The molecule has 0 spiro atoms. The number of ether oxygens (including phenoxy) is 2. The van der Waals surface area contributed by atoms with Gasteiger partial charge in [-0.1, -0.05) is 184 Å². The first-order valence-corrected chi connectivity index (χ1v) is 26.5. The smallest absolute Gasteiger partial charge is 0.306 e. The van der Waals surface area contributed by atoms with E-state index in [0.29, 0.717) is 24.1 Å². The van der Waals surface area contributed by atoms with Gasteiger partial charge < -0.3 is 27.9 Å². The van der Waals surface area contributed by atoms with Crippen molar-refractivity contribution in [3.05, 3.63) is 60.8 Å². The molecule has 356 valence electrons. The summed E-state index contributed by atoms with van der Waals surface area (Å²) in [6.45, 7) is 5.26. The van der Waals surface area contributed by atoms with Crippen molar-refractivity contribution in [1.82, 2.24) is 0 Å². The van der Waals surface area contributed by atoms with Crippen molar-refractivity contribution in [2.75, 3.05) is 54.1 Å². The van der Waals surface area contributed by atoms with E-state index in [1.807, 2.05) is 21.1 Å². The summed E-state index contributed by atoms with van der Waals surface area (Å²) < 4.78 is 34.7. The van der Waals surface area contributed by atoms with Gasteiger partial charge in [-0.05, 0) is 77.0 Å². The molecular weight excluding hydrogens is 782 g/mol. The Balaban J connectivity index is 4.19.